The number of benzene rings is 2. The Morgan fingerprint density at radius 1 is 1.06 bits per heavy atom. The maximum atomic E-state index is 11.5. The van der Waals surface area contributed by atoms with Crippen LogP contribution in [-0.2, 0) is 4.84 Å². The van der Waals surface area contributed by atoms with Gasteiger partial charge in [0.1, 0.15) is 12.3 Å². The zero-order valence-electron chi connectivity index (χ0n) is 18.0. The molecular formula is C23H27Cl2N5O3. The molecule has 4 N–H and O–H groups in total. The van der Waals surface area contributed by atoms with Crippen molar-refractivity contribution in [2.45, 2.75) is 0 Å². The molecule has 0 aromatic heterocycles. The number of hydrogen-bond donors (Lipinski definition) is 4. The lowest BCUT2D eigenvalue weighted by Crippen LogP contribution is -2.44. The van der Waals surface area contributed by atoms with Crippen LogP contribution in [-0.4, -0.2) is 67.6 Å². The number of oxime groups is 1. The van der Waals surface area contributed by atoms with Crippen LogP contribution in [0.25, 0.3) is 5.57 Å². The van der Waals surface area contributed by atoms with Gasteiger partial charge in [-0.1, -0.05) is 23.4 Å². The third-order valence-electron chi connectivity index (χ3n) is 5.89. The predicted octanol–water partition coefficient (Wildman–Crippen LogP) is 3.12. The highest BCUT2D eigenvalue weighted by molar-refractivity contribution is 6.25. The number of halogens is 2. The summed E-state index contributed by atoms with van der Waals surface area (Å²) in [5.41, 5.74) is 6.61. The number of hydrogen-bond acceptors (Lipinski definition) is 7. The van der Waals surface area contributed by atoms with E-state index in [0.29, 0.717) is 13.2 Å². The Morgan fingerprint density at radius 2 is 1.85 bits per heavy atom. The van der Waals surface area contributed by atoms with Crippen LogP contribution in [0.5, 0.6) is 0 Å². The number of nitrogens with zero attached hydrogens (tertiary/aromatic N) is 2. The molecule has 8 nitrogen and oxygen atoms in total. The maximum Gasteiger partial charge on any atom is 0.335 e. The van der Waals surface area contributed by atoms with E-state index in [9.17, 15) is 9.90 Å². The number of carbonyl (C=O) groups is 1. The highest BCUT2D eigenvalue weighted by Gasteiger charge is 2.30. The average molecular weight is 492 g/mol. The molecule has 0 bridgehead atoms. The molecule has 1 saturated heterocycles. The molecule has 3 heterocycles. The molecule has 2 aromatic rings. The third kappa shape index (κ3) is 5.09. The molecule has 0 amide bonds. The van der Waals surface area contributed by atoms with Gasteiger partial charge in [0.2, 0.25) is 0 Å². The molecule has 0 spiro atoms. The van der Waals surface area contributed by atoms with Crippen molar-refractivity contribution in [2.24, 2.45) is 5.16 Å². The summed E-state index contributed by atoms with van der Waals surface area (Å²) in [5.74, 6) is -0.938. The summed E-state index contributed by atoms with van der Waals surface area (Å²) in [4.78, 5) is 19.6. The number of anilines is 2. The van der Waals surface area contributed by atoms with Crippen LogP contribution >= 0.6 is 24.8 Å². The minimum atomic E-state index is -0.938. The number of rotatable bonds is 5. The minimum absolute atomic E-state index is 0. The van der Waals surface area contributed by atoms with Gasteiger partial charge in [0, 0.05) is 67.3 Å². The second-order valence-corrected chi connectivity index (χ2v) is 7.81. The quantitative estimate of drug-likeness (QED) is 0.376. The number of aromatic carboxylic acids is 1. The Labute approximate surface area is 204 Å². The molecule has 10 heteroatoms. The zero-order valence-corrected chi connectivity index (χ0v) is 19.6. The molecule has 0 radical (unpaired) electrons. The first kappa shape index (κ1) is 24.9. The van der Waals surface area contributed by atoms with E-state index in [1.54, 1.807) is 12.1 Å². The molecule has 0 aliphatic carbocycles. The first-order valence-corrected chi connectivity index (χ1v) is 10.6. The van der Waals surface area contributed by atoms with E-state index < -0.39 is 5.97 Å². The summed E-state index contributed by atoms with van der Waals surface area (Å²) >= 11 is 0. The molecule has 5 rings (SSSR count). The highest BCUT2D eigenvalue weighted by atomic mass is 35.5. The number of carboxylic acid groups (broad SMARTS) is 1. The number of carboxylic acids is 1. The van der Waals surface area contributed by atoms with Gasteiger partial charge in [0.15, 0.2) is 0 Å². The monoisotopic (exact) mass is 491 g/mol. The lowest BCUT2D eigenvalue weighted by Gasteiger charge is -2.26. The molecule has 1 fully saturated rings. The second-order valence-electron chi connectivity index (χ2n) is 7.81. The fourth-order valence-electron chi connectivity index (χ4n) is 4.24. The lowest BCUT2D eigenvalue weighted by atomic mass is 10.00. The molecule has 0 saturated carbocycles. The molecule has 0 atom stereocenters. The summed E-state index contributed by atoms with van der Waals surface area (Å²) in [6, 6.07) is 13.1. The van der Waals surface area contributed by atoms with Gasteiger partial charge < -0.3 is 25.9 Å². The molecular weight excluding hydrogens is 465 g/mol. The van der Waals surface area contributed by atoms with Crippen molar-refractivity contribution in [3.8, 4) is 0 Å². The van der Waals surface area contributed by atoms with Crippen LogP contribution in [0.1, 0.15) is 21.5 Å². The predicted molar refractivity (Wildman–Crippen MR) is 135 cm³/mol. The van der Waals surface area contributed by atoms with Crippen LogP contribution in [0.4, 0.5) is 11.4 Å². The summed E-state index contributed by atoms with van der Waals surface area (Å²) < 4.78 is 0. The van der Waals surface area contributed by atoms with Crippen molar-refractivity contribution in [3.05, 3.63) is 64.9 Å². The van der Waals surface area contributed by atoms with E-state index in [4.69, 9.17) is 4.84 Å². The summed E-state index contributed by atoms with van der Waals surface area (Å²) in [6.45, 7) is 6.01. The standard InChI is InChI=1S/C23H25N5O3.2ClH/c29-23(30)15-5-6-19-17(13-15)18(14-25-19)21-22(16-3-1-2-4-20(16)26-21)27-31-12-11-28-9-7-24-8-10-28;;/h1-6,13,24-26H,7-12,14H2,(H,29,30);2*1H. The van der Waals surface area contributed by atoms with Gasteiger partial charge in [0.05, 0.1) is 11.3 Å². The number of para-hydroxylation sites is 1. The van der Waals surface area contributed by atoms with Gasteiger partial charge in [-0.2, -0.15) is 0 Å². The Morgan fingerprint density at radius 3 is 2.64 bits per heavy atom. The molecule has 2 aromatic carbocycles. The van der Waals surface area contributed by atoms with Crippen LogP contribution in [0.15, 0.2) is 53.3 Å². The van der Waals surface area contributed by atoms with E-state index >= 15 is 0 Å². The normalized spacial score (nSPS) is 20.1. The summed E-state index contributed by atoms with van der Waals surface area (Å²) in [7, 11) is 0. The van der Waals surface area contributed by atoms with Gasteiger partial charge in [-0.05, 0) is 24.3 Å². The van der Waals surface area contributed by atoms with Crippen LogP contribution in [0, 0.1) is 0 Å². The van der Waals surface area contributed by atoms with Crippen LogP contribution in [0.2, 0.25) is 0 Å². The SMILES string of the molecule is Cl.Cl.O=C(O)c1ccc2c(c1)C(=C1Nc3ccccc3C1=NOCCN1CCNCC1)CN2. The number of fused-ring (bicyclic) bond motifs is 2. The number of nitrogens with one attached hydrogen (secondary N) is 3. The van der Waals surface area contributed by atoms with Crippen molar-refractivity contribution in [1.29, 1.82) is 0 Å². The first-order chi connectivity index (χ1) is 15.2. The smallest absolute Gasteiger partial charge is 0.335 e. The molecule has 33 heavy (non-hydrogen) atoms. The number of piperazine rings is 1. The van der Waals surface area contributed by atoms with Crippen LogP contribution in [0.3, 0.4) is 0 Å². The molecule has 176 valence electrons. The van der Waals surface area contributed by atoms with Crippen molar-refractivity contribution in [2.75, 3.05) is 56.5 Å². The molecule has 0 unspecified atom stereocenters. The highest BCUT2D eigenvalue weighted by Crippen LogP contribution is 2.38. The Kier molecular flexibility index (Phi) is 8.20. The second kappa shape index (κ2) is 10.9. The largest absolute Gasteiger partial charge is 0.478 e. The number of allylic oxidation sites excluding steroid dienone is 1. The zero-order chi connectivity index (χ0) is 21.2. The van der Waals surface area contributed by atoms with Gasteiger partial charge in [0.25, 0.3) is 0 Å². The Balaban J connectivity index is 0.00000153. The van der Waals surface area contributed by atoms with E-state index in [0.717, 1.165) is 72.2 Å². The fourth-order valence-corrected chi connectivity index (χ4v) is 4.24. The van der Waals surface area contributed by atoms with Gasteiger partial charge >= 0.3 is 5.97 Å². The van der Waals surface area contributed by atoms with Crippen molar-refractivity contribution in [1.82, 2.24) is 10.2 Å². The van der Waals surface area contributed by atoms with E-state index in [1.807, 2.05) is 30.3 Å². The topological polar surface area (TPSA) is 98.2 Å². The maximum absolute atomic E-state index is 11.5. The lowest BCUT2D eigenvalue weighted by molar-refractivity contribution is 0.0697. The van der Waals surface area contributed by atoms with Gasteiger partial charge in [-0.25, -0.2) is 4.79 Å². The van der Waals surface area contributed by atoms with Crippen molar-refractivity contribution in [3.63, 3.8) is 0 Å². The van der Waals surface area contributed by atoms with Gasteiger partial charge in [-0.15, -0.1) is 24.8 Å². The third-order valence-corrected chi connectivity index (χ3v) is 5.89. The fraction of sp³-hybridized carbons (Fsp3) is 0.304. The van der Waals surface area contributed by atoms with E-state index in [-0.39, 0.29) is 30.4 Å². The molecule has 3 aliphatic heterocycles. The van der Waals surface area contributed by atoms with Crippen molar-refractivity contribution >= 4 is 53.4 Å². The molecule has 3 aliphatic rings. The van der Waals surface area contributed by atoms with Crippen LogP contribution < -0.4 is 16.0 Å². The Bertz CT molecular complexity index is 1080. The summed E-state index contributed by atoms with van der Waals surface area (Å²) in [6.07, 6.45) is 0. The first-order valence-electron chi connectivity index (χ1n) is 10.6. The van der Waals surface area contributed by atoms with E-state index in [2.05, 4.69) is 26.0 Å². The van der Waals surface area contributed by atoms with Crippen molar-refractivity contribution < 1.29 is 14.7 Å². The minimum Gasteiger partial charge on any atom is -0.478 e. The Hall–Kier alpha value is -2.78. The van der Waals surface area contributed by atoms with E-state index in [1.165, 1.54) is 0 Å². The average Bonchev–Trinajstić information content (AvgIpc) is 3.38. The van der Waals surface area contributed by atoms with Gasteiger partial charge in [-0.3, -0.25) is 4.90 Å². The summed E-state index contributed by atoms with van der Waals surface area (Å²) in [5, 5.41) is 24.1.